The maximum atomic E-state index is 7.08. The van der Waals surface area contributed by atoms with Gasteiger partial charge in [0.1, 0.15) is 11.9 Å². The van der Waals surface area contributed by atoms with E-state index in [1.807, 2.05) is 0 Å². The third kappa shape index (κ3) is 6.60. The first kappa shape index (κ1) is 37.8. The van der Waals surface area contributed by atoms with Gasteiger partial charge in [0.15, 0.2) is 17.5 Å². The fourth-order valence-corrected chi connectivity index (χ4v) is 9.89. The number of fused-ring (bicyclic) bond motifs is 8. The quantitative estimate of drug-likeness (QED) is 0.160. The maximum Gasteiger partial charge on any atom is 0.164 e. The van der Waals surface area contributed by atoms with E-state index < -0.39 is 0 Å². The van der Waals surface area contributed by atoms with Gasteiger partial charge in [-0.15, -0.1) is 0 Å². The van der Waals surface area contributed by atoms with E-state index in [1.165, 1.54) is 43.6 Å². The van der Waals surface area contributed by atoms with E-state index in [0.717, 1.165) is 55.7 Å². The average Bonchev–Trinajstić information content (AvgIpc) is 3.77. The molecule has 0 N–H and O–H groups in total. The molecule has 1 aromatic heterocycles. The lowest BCUT2D eigenvalue weighted by Gasteiger charge is -2.28. The molecule has 66 heavy (non-hydrogen) atoms. The molecule has 10 aromatic carbocycles. The molecule has 11 aromatic rings. The standard InChI is InChI=1S/C61H40N4O/c1-2-12-39(13-3-1)43-26-30-50(31-27-43)65(51-32-28-42-16-6-9-19-46(42)36-51)55-38-57-58(53-21-11-10-20-52(53)55)54-33-29-49(37-56(54)66-57)61-63-59(47-24-22-40-14-4-7-17-44(40)34-47)62-60(64-61)48-25-23-41-15-5-8-18-45(41)35-48/h1-38,54,56H. The lowest BCUT2D eigenvalue weighted by molar-refractivity contribution is 0.269. The van der Waals surface area contributed by atoms with Crippen molar-refractivity contribution in [2.24, 2.45) is 0 Å². The molecule has 310 valence electrons. The Labute approximate surface area is 382 Å². The highest BCUT2D eigenvalue weighted by atomic mass is 16.5. The van der Waals surface area contributed by atoms with Gasteiger partial charge in [-0.1, -0.05) is 182 Å². The van der Waals surface area contributed by atoms with Crippen LogP contribution in [0.3, 0.4) is 0 Å². The molecule has 5 heteroatoms. The molecule has 0 spiro atoms. The van der Waals surface area contributed by atoms with E-state index in [-0.39, 0.29) is 12.0 Å². The summed E-state index contributed by atoms with van der Waals surface area (Å²) in [6.07, 6.45) is 6.38. The minimum atomic E-state index is -0.261. The number of ether oxygens (including phenoxy) is 1. The third-order valence-electron chi connectivity index (χ3n) is 13.2. The second kappa shape index (κ2) is 15.5. The van der Waals surface area contributed by atoms with Crippen LogP contribution in [0.2, 0.25) is 0 Å². The minimum absolute atomic E-state index is 0.00345. The summed E-state index contributed by atoms with van der Waals surface area (Å²) >= 11 is 0. The number of hydrogen-bond donors (Lipinski definition) is 0. The Balaban J connectivity index is 0.923. The Morgan fingerprint density at radius 2 is 0.894 bits per heavy atom. The molecule has 5 nitrogen and oxygen atoms in total. The topological polar surface area (TPSA) is 51.1 Å². The summed E-state index contributed by atoms with van der Waals surface area (Å²) in [6.45, 7) is 0. The van der Waals surface area contributed by atoms with Crippen molar-refractivity contribution in [2.75, 3.05) is 4.90 Å². The second-order valence-corrected chi connectivity index (χ2v) is 17.2. The van der Waals surface area contributed by atoms with Gasteiger partial charge in [-0.2, -0.15) is 0 Å². The van der Waals surface area contributed by atoms with Gasteiger partial charge in [0.05, 0.1) is 5.69 Å². The van der Waals surface area contributed by atoms with E-state index in [0.29, 0.717) is 17.5 Å². The highest BCUT2D eigenvalue weighted by molar-refractivity contribution is 6.04. The highest BCUT2D eigenvalue weighted by Gasteiger charge is 2.37. The van der Waals surface area contributed by atoms with Gasteiger partial charge in [-0.25, -0.2) is 15.0 Å². The summed E-state index contributed by atoms with van der Waals surface area (Å²) in [4.78, 5) is 17.9. The van der Waals surface area contributed by atoms with Crippen molar-refractivity contribution in [3.05, 3.63) is 242 Å². The van der Waals surface area contributed by atoms with Crippen LogP contribution in [0.5, 0.6) is 5.75 Å². The second-order valence-electron chi connectivity index (χ2n) is 17.2. The van der Waals surface area contributed by atoms with E-state index in [9.17, 15) is 0 Å². The SMILES string of the molecule is C1=CC2c3c(cc(N(c4ccc(-c5ccccc5)cc4)c4ccc5ccccc5c4)c4ccccc34)OC2C=C1c1nc(-c2ccc3ccccc3c2)nc(-c2ccc3ccccc3c2)n1. The van der Waals surface area contributed by atoms with Gasteiger partial charge in [0.2, 0.25) is 0 Å². The minimum Gasteiger partial charge on any atom is -0.485 e. The van der Waals surface area contributed by atoms with Crippen LogP contribution in [0.1, 0.15) is 17.3 Å². The fourth-order valence-electron chi connectivity index (χ4n) is 9.89. The van der Waals surface area contributed by atoms with Crippen molar-refractivity contribution in [2.45, 2.75) is 12.0 Å². The lowest BCUT2D eigenvalue weighted by Crippen LogP contribution is -2.18. The largest absolute Gasteiger partial charge is 0.485 e. The zero-order chi connectivity index (χ0) is 43.6. The first-order valence-corrected chi connectivity index (χ1v) is 22.5. The summed E-state index contributed by atoms with van der Waals surface area (Å²) in [5, 5.41) is 9.32. The molecule has 2 atom stereocenters. The monoisotopic (exact) mass is 844 g/mol. The summed E-state index contributed by atoms with van der Waals surface area (Å²) in [6, 6.07) is 75.3. The van der Waals surface area contributed by atoms with Crippen LogP contribution in [0.4, 0.5) is 17.1 Å². The van der Waals surface area contributed by atoms with Crippen molar-refractivity contribution < 1.29 is 4.74 Å². The Kier molecular flexibility index (Phi) is 8.91. The van der Waals surface area contributed by atoms with Gasteiger partial charge in [-0.05, 0) is 91.3 Å². The van der Waals surface area contributed by atoms with Crippen molar-refractivity contribution in [3.8, 4) is 39.7 Å². The van der Waals surface area contributed by atoms with Crippen LogP contribution in [0, 0.1) is 0 Å². The number of allylic oxidation sites excluding steroid dienone is 2. The van der Waals surface area contributed by atoms with Crippen molar-refractivity contribution in [1.29, 1.82) is 0 Å². The molecule has 2 aliphatic rings. The van der Waals surface area contributed by atoms with Crippen LogP contribution in [-0.2, 0) is 0 Å². The van der Waals surface area contributed by atoms with E-state index in [2.05, 4.69) is 235 Å². The maximum absolute atomic E-state index is 7.08. The molecule has 0 saturated heterocycles. The summed E-state index contributed by atoms with van der Waals surface area (Å²) in [7, 11) is 0. The van der Waals surface area contributed by atoms with E-state index >= 15 is 0 Å². The van der Waals surface area contributed by atoms with Crippen LogP contribution in [0.25, 0.3) is 82.6 Å². The molecule has 13 rings (SSSR count). The van der Waals surface area contributed by atoms with E-state index in [4.69, 9.17) is 19.7 Å². The Hall–Kier alpha value is -8.67. The lowest BCUT2D eigenvalue weighted by atomic mass is 9.86. The molecule has 0 radical (unpaired) electrons. The molecule has 0 bridgehead atoms. The number of hydrogen-bond acceptors (Lipinski definition) is 5. The Morgan fingerprint density at radius 3 is 1.55 bits per heavy atom. The van der Waals surface area contributed by atoms with Crippen LogP contribution in [-0.4, -0.2) is 21.1 Å². The van der Waals surface area contributed by atoms with Crippen LogP contribution < -0.4 is 9.64 Å². The van der Waals surface area contributed by atoms with Crippen LogP contribution in [0.15, 0.2) is 231 Å². The molecular formula is C61H40N4O. The summed E-state index contributed by atoms with van der Waals surface area (Å²) in [5.74, 6) is 2.74. The fraction of sp³-hybridized carbons (Fsp3) is 0.0328. The zero-order valence-electron chi connectivity index (χ0n) is 35.8. The number of nitrogens with zero attached hydrogens (tertiary/aromatic N) is 4. The molecule has 2 unspecified atom stereocenters. The molecule has 1 aliphatic heterocycles. The molecule has 0 fully saturated rings. The number of anilines is 3. The first-order chi connectivity index (χ1) is 32.7. The predicted molar refractivity (Wildman–Crippen MR) is 272 cm³/mol. The smallest absolute Gasteiger partial charge is 0.164 e. The summed E-state index contributed by atoms with van der Waals surface area (Å²) in [5.41, 5.74) is 9.51. The third-order valence-corrected chi connectivity index (χ3v) is 13.2. The van der Waals surface area contributed by atoms with Crippen molar-refractivity contribution in [1.82, 2.24) is 15.0 Å². The average molecular weight is 845 g/mol. The molecule has 0 amide bonds. The summed E-state index contributed by atoms with van der Waals surface area (Å²) < 4.78 is 7.08. The van der Waals surface area contributed by atoms with Gasteiger partial charge < -0.3 is 9.64 Å². The highest BCUT2D eigenvalue weighted by Crippen LogP contribution is 2.51. The molecule has 2 heterocycles. The van der Waals surface area contributed by atoms with Crippen molar-refractivity contribution >= 4 is 65.7 Å². The van der Waals surface area contributed by atoms with Crippen molar-refractivity contribution in [3.63, 3.8) is 0 Å². The van der Waals surface area contributed by atoms with Gasteiger partial charge in [0.25, 0.3) is 0 Å². The number of benzene rings is 10. The van der Waals surface area contributed by atoms with Gasteiger partial charge in [0, 0.05) is 51.0 Å². The number of aromatic nitrogens is 3. The van der Waals surface area contributed by atoms with Gasteiger partial charge >= 0.3 is 0 Å². The van der Waals surface area contributed by atoms with Gasteiger partial charge in [-0.3, -0.25) is 0 Å². The van der Waals surface area contributed by atoms with Crippen LogP contribution >= 0.6 is 0 Å². The molecule has 0 saturated carbocycles. The number of rotatable bonds is 7. The molecule has 1 aliphatic carbocycles. The van der Waals surface area contributed by atoms with E-state index in [1.54, 1.807) is 0 Å². The Bertz CT molecular complexity index is 3670. The zero-order valence-corrected chi connectivity index (χ0v) is 35.8. The molecular weight excluding hydrogens is 805 g/mol. The predicted octanol–water partition coefficient (Wildman–Crippen LogP) is 15.5. The normalized spacial score (nSPS) is 15.1. The Morgan fingerprint density at radius 1 is 0.394 bits per heavy atom. The first-order valence-electron chi connectivity index (χ1n) is 22.5.